The van der Waals surface area contributed by atoms with E-state index in [1.165, 1.54) is 6.07 Å². The Bertz CT molecular complexity index is 450. The third kappa shape index (κ3) is 2.47. The molecule has 0 saturated carbocycles. The molecule has 0 amide bonds. The van der Waals surface area contributed by atoms with Crippen LogP contribution in [-0.4, -0.2) is 0 Å². The van der Waals surface area contributed by atoms with Crippen molar-refractivity contribution in [3.63, 3.8) is 0 Å². The fraction of sp³-hybridized carbons (Fsp3) is 0.167. The zero-order chi connectivity index (χ0) is 11.5. The maximum Gasteiger partial charge on any atom is 0.127 e. The molecule has 2 aromatic rings. The van der Waals surface area contributed by atoms with Gasteiger partial charge in [-0.25, -0.2) is 4.39 Å². The van der Waals surface area contributed by atoms with Crippen LogP contribution in [0.25, 0.3) is 0 Å². The molecule has 1 nitrogen and oxygen atoms in total. The molecule has 1 aromatic carbocycles. The van der Waals surface area contributed by atoms with E-state index in [9.17, 15) is 4.39 Å². The Morgan fingerprint density at radius 1 is 1.38 bits per heavy atom. The van der Waals surface area contributed by atoms with Crippen molar-refractivity contribution in [3.05, 3.63) is 58.8 Å². The fourth-order valence-electron chi connectivity index (χ4n) is 1.48. The van der Waals surface area contributed by atoms with Crippen LogP contribution in [0.2, 0.25) is 5.02 Å². The highest BCUT2D eigenvalue weighted by Gasteiger charge is 2.14. The molecule has 0 aliphatic carbocycles. The predicted octanol–water partition coefficient (Wildman–Crippen LogP) is 4.75. The van der Waals surface area contributed by atoms with Gasteiger partial charge in [0.2, 0.25) is 0 Å². The van der Waals surface area contributed by atoms with Gasteiger partial charge in [0.15, 0.2) is 0 Å². The van der Waals surface area contributed by atoms with E-state index in [0.717, 1.165) is 5.56 Å². The molecule has 1 atom stereocenters. The summed E-state index contributed by atoms with van der Waals surface area (Å²) in [5.41, 5.74) is 1.49. The highest BCUT2D eigenvalue weighted by molar-refractivity contribution is 9.09. The summed E-state index contributed by atoms with van der Waals surface area (Å²) in [5.74, 6) is -0.277. The maximum absolute atomic E-state index is 13.5. The zero-order valence-corrected chi connectivity index (χ0v) is 10.6. The first-order valence-electron chi connectivity index (χ1n) is 4.77. The Labute approximate surface area is 106 Å². The van der Waals surface area contributed by atoms with Gasteiger partial charge in [-0.15, -0.1) is 0 Å². The number of furan rings is 1. The molecule has 1 unspecified atom stereocenters. The second kappa shape index (κ2) is 5.02. The molecule has 0 bridgehead atoms. The van der Waals surface area contributed by atoms with Gasteiger partial charge in [0, 0.05) is 21.0 Å². The molecule has 0 aliphatic rings. The normalized spacial score (nSPS) is 12.7. The molecule has 0 radical (unpaired) electrons. The van der Waals surface area contributed by atoms with Crippen LogP contribution in [0.1, 0.15) is 16.0 Å². The van der Waals surface area contributed by atoms with Gasteiger partial charge in [0.1, 0.15) is 5.82 Å². The maximum atomic E-state index is 13.5. The summed E-state index contributed by atoms with van der Waals surface area (Å²) in [6, 6.07) is 6.54. The third-order valence-electron chi connectivity index (χ3n) is 2.35. The molecule has 1 heterocycles. The molecule has 84 valence electrons. The summed E-state index contributed by atoms with van der Waals surface area (Å²) < 4.78 is 18.5. The summed E-state index contributed by atoms with van der Waals surface area (Å²) in [6.07, 6.45) is 3.71. The van der Waals surface area contributed by atoms with E-state index in [-0.39, 0.29) is 10.6 Å². The van der Waals surface area contributed by atoms with Crippen LogP contribution in [-0.2, 0) is 6.42 Å². The van der Waals surface area contributed by atoms with Gasteiger partial charge < -0.3 is 4.42 Å². The minimum atomic E-state index is -0.277. The van der Waals surface area contributed by atoms with Crippen LogP contribution in [0, 0.1) is 5.82 Å². The monoisotopic (exact) mass is 302 g/mol. The van der Waals surface area contributed by atoms with Gasteiger partial charge in [-0.2, -0.15) is 0 Å². The van der Waals surface area contributed by atoms with Gasteiger partial charge in [-0.05, 0) is 24.6 Å². The fourth-order valence-corrected chi connectivity index (χ4v) is 2.30. The van der Waals surface area contributed by atoms with E-state index in [4.69, 9.17) is 16.0 Å². The average molecular weight is 304 g/mol. The molecular formula is C12H9BrClFO. The van der Waals surface area contributed by atoms with E-state index in [2.05, 4.69) is 15.9 Å². The first kappa shape index (κ1) is 11.7. The minimum Gasteiger partial charge on any atom is -0.472 e. The number of benzene rings is 1. The van der Waals surface area contributed by atoms with Crippen LogP contribution in [0.3, 0.4) is 0 Å². The van der Waals surface area contributed by atoms with Crippen molar-refractivity contribution in [2.45, 2.75) is 11.2 Å². The summed E-state index contributed by atoms with van der Waals surface area (Å²) in [6.45, 7) is 0. The van der Waals surface area contributed by atoms with E-state index < -0.39 is 0 Å². The number of hydrogen-bond acceptors (Lipinski definition) is 1. The molecule has 4 heteroatoms. The third-order valence-corrected chi connectivity index (χ3v) is 3.56. The molecule has 0 aliphatic heterocycles. The Balaban J connectivity index is 2.21. The molecule has 1 aromatic heterocycles. The molecule has 16 heavy (non-hydrogen) atoms. The Kier molecular flexibility index (Phi) is 3.66. The van der Waals surface area contributed by atoms with Crippen LogP contribution >= 0.6 is 27.5 Å². The Morgan fingerprint density at radius 2 is 2.19 bits per heavy atom. The lowest BCUT2D eigenvalue weighted by Gasteiger charge is -2.09. The Hall–Kier alpha value is -0.800. The smallest absolute Gasteiger partial charge is 0.127 e. The number of alkyl halides is 1. The second-order valence-corrected chi connectivity index (χ2v) is 4.94. The van der Waals surface area contributed by atoms with Gasteiger partial charge >= 0.3 is 0 Å². The summed E-state index contributed by atoms with van der Waals surface area (Å²) in [7, 11) is 0. The molecule has 0 spiro atoms. The molecule has 2 rings (SSSR count). The first-order chi connectivity index (χ1) is 7.68. The van der Waals surface area contributed by atoms with Crippen molar-refractivity contribution < 1.29 is 8.81 Å². The highest BCUT2D eigenvalue weighted by atomic mass is 79.9. The van der Waals surface area contributed by atoms with Crippen molar-refractivity contribution in [2.75, 3.05) is 0 Å². The zero-order valence-electron chi connectivity index (χ0n) is 8.29. The summed E-state index contributed by atoms with van der Waals surface area (Å²) in [4.78, 5) is 0.000602. The van der Waals surface area contributed by atoms with Gasteiger partial charge in [-0.3, -0.25) is 0 Å². The largest absolute Gasteiger partial charge is 0.472 e. The van der Waals surface area contributed by atoms with Crippen molar-refractivity contribution in [1.82, 2.24) is 0 Å². The lowest BCUT2D eigenvalue weighted by atomic mass is 10.1. The van der Waals surface area contributed by atoms with E-state index >= 15 is 0 Å². The predicted molar refractivity (Wildman–Crippen MR) is 65.5 cm³/mol. The van der Waals surface area contributed by atoms with Crippen LogP contribution in [0.4, 0.5) is 4.39 Å². The number of hydrogen-bond donors (Lipinski definition) is 0. The molecule has 0 saturated heterocycles. The SMILES string of the molecule is Fc1cccc(Cl)c1CC(Br)c1ccoc1. The van der Waals surface area contributed by atoms with Gasteiger partial charge in [0.25, 0.3) is 0 Å². The van der Waals surface area contributed by atoms with Crippen LogP contribution < -0.4 is 0 Å². The lowest BCUT2D eigenvalue weighted by Crippen LogP contribution is -1.98. The van der Waals surface area contributed by atoms with Crippen molar-refractivity contribution in [1.29, 1.82) is 0 Å². The summed E-state index contributed by atoms with van der Waals surface area (Å²) >= 11 is 9.44. The molecule has 0 fully saturated rings. The second-order valence-electron chi connectivity index (χ2n) is 3.43. The standard InChI is InChI=1S/C12H9BrClFO/c13-10(8-4-5-16-7-8)6-9-11(14)2-1-3-12(9)15/h1-5,7,10H,6H2. The minimum absolute atomic E-state index is 0.000602. The van der Waals surface area contributed by atoms with E-state index in [0.29, 0.717) is 17.0 Å². The lowest BCUT2D eigenvalue weighted by molar-refractivity contribution is 0.563. The van der Waals surface area contributed by atoms with Crippen LogP contribution in [0.5, 0.6) is 0 Å². The number of rotatable bonds is 3. The van der Waals surface area contributed by atoms with Crippen molar-refractivity contribution in [3.8, 4) is 0 Å². The molecular weight excluding hydrogens is 294 g/mol. The highest BCUT2D eigenvalue weighted by Crippen LogP contribution is 2.31. The average Bonchev–Trinajstić information content (AvgIpc) is 2.76. The Morgan fingerprint density at radius 3 is 2.81 bits per heavy atom. The molecule has 0 N–H and O–H groups in total. The summed E-state index contributed by atoms with van der Waals surface area (Å²) in [5, 5.41) is 0.452. The van der Waals surface area contributed by atoms with E-state index in [1.807, 2.05) is 6.07 Å². The van der Waals surface area contributed by atoms with Crippen LogP contribution in [0.15, 0.2) is 41.2 Å². The van der Waals surface area contributed by atoms with Crippen molar-refractivity contribution in [2.24, 2.45) is 0 Å². The quantitative estimate of drug-likeness (QED) is 0.746. The van der Waals surface area contributed by atoms with E-state index in [1.54, 1.807) is 24.7 Å². The first-order valence-corrected chi connectivity index (χ1v) is 6.07. The van der Waals surface area contributed by atoms with Crippen molar-refractivity contribution >= 4 is 27.5 Å². The topological polar surface area (TPSA) is 13.1 Å². The van der Waals surface area contributed by atoms with Gasteiger partial charge in [0.05, 0.1) is 12.5 Å². The number of halogens is 3. The van der Waals surface area contributed by atoms with Gasteiger partial charge in [-0.1, -0.05) is 33.6 Å².